The van der Waals surface area contributed by atoms with E-state index in [1.54, 1.807) is 24.3 Å². The molecule has 6 nitrogen and oxygen atoms in total. The Morgan fingerprint density at radius 2 is 1.32 bits per heavy atom. The third-order valence-electron chi connectivity index (χ3n) is 5.39. The Hall–Kier alpha value is -2.08. The summed E-state index contributed by atoms with van der Waals surface area (Å²) in [5, 5.41) is 21.1. The van der Waals surface area contributed by atoms with E-state index >= 15 is 0 Å². The van der Waals surface area contributed by atoms with Gasteiger partial charge in [-0.25, -0.2) is 9.59 Å². The number of carboxylic acids is 1. The van der Waals surface area contributed by atoms with Gasteiger partial charge in [0.15, 0.2) is 6.10 Å². The van der Waals surface area contributed by atoms with E-state index in [0.29, 0.717) is 5.56 Å². The molecule has 0 aliphatic rings. The fourth-order valence-corrected chi connectivity index (χ4v) is 3.41. The fourth-order valence-electron chi connectivity index (χ4n) is 3.41. The van der Waals surface area contributed by atoms with Gasteiger partial charge in [-0.1, -0.05) is 84.0 Å². The predicted molar refractivity (Wildman–Crippen MR) is 125 cm³/mol. The predicted octanol–water partition coefficient (Wildman–Crippen LogP) is 5.79. The van der Waals surface area contributed by atoms with Crippen LogP contribution in [0.2, 0.25) is 0 Å². The largest absolute Gasteiger partial charge is 0.479 e. The minimum Gasteiger partial charge on any atom is -0.479 e. The highest BCUT2D eigenvalue weighted by Crippen LogP contribution is 2.14. The highest BCUT2D eigenvalue weighted by molar-refractivity contribution is 5.90. The first-order valence-corrected chi connectivity index (χ1v) is 12.0. The molecule has 31 heavy (non-hydrogen) atoms. The number of aliphatic hydroxyl groups is 1. The molecule has 0 bridgehead atoms. The molecule has 176 valence electrons. The van der Waals surface area contributed by atoms with Crippen LogP contribution in [0.3, 0.4) is 0 Å². The van der Waals surface area contributed by atoms with Crippen LogP contribution in [0.25, 0.3) is 0 Å². The van der Waals surface area contributed by atoms with Crippen molar-refractivity contribution in [3.63, 3.8) is 0 Å². The van der Waals surface area contributed by atoms with Crippen LogP contribution in [0.15, 0.2) is 24.3 Å². The van der Waals surface area contributed by atoms with Gasteiger partial charge >= 0.3 is 11.9 Å². The van der Waals surface area contributed by atoms with Crippen LogP contribution in [0, 0.1) is 0 Å². The number of benzene rings is 1. The van der Waals surface area contributed by atoms with E-state index in [1.165, 1.54) is 77.0 Å². The molecule has 0 radical (unpaired) electrons. The molecule has 1 rings (SSSR count). The molecule has 0 amide bonds. The molecule has 1 unspecified atom stereocenters. The molecule has 3 N–H and O–H groups in total. The number of unbranched alkanes of at least 4 members (excludes halogenated alkanes) is 12. The Morgan fingerprint density at radius 1 is 0.839 bits per heavy atom. The Morgan fingerprint density at radius 3 is 1.81 bits per heavy atom. The van der Waals surface area contributed by atoms with E-state index in [4.69, 9.17) is 14.9 Å². The zero-order valence-corrected chi connectivity index (χ0v) is 19.1. The van der Waals surface area contributed by atoms with Crippen molar-refractivity contribution in [2.45, 2.75) is 96.5 Å². The lowest BCUT2D eigenvalue weighted by molar-refractivity contribution is -0.148. The monoisotopic (exact) mass is 435 g/mol. The van der Waals surface area contributed by atoms with Crippen LogP contribution in [-0.4, -0.2) is 41.4 Å². The first-order chi connectivity index (χ1) is 15.0. The van der Waals surface area contributed by atoms with E-state index in [9.17, 15) is 9.59 Å². The highest BCUT2D eigenvalue weighted by atomic mass is 16.5. The smallest absolute Gasteiger partial charge is 0.338 e. The number of ether oxygens (including phenoxy) is 1. The van der Waals surface area contributed by atoms with Crippen LogP contribution in [0.5, 0.6) is 0 Å². The van der Waals surface area contributed by atoms with Crippen LogP contribution >= 0.6 is 0 Å². The number of carboxylic acid groups (broad SMARTS) is 1. The molecule has 0 saturated carbocycles. The zero-order chi connectivity index (χ0) is 22.7. The van der Waals surface area contributed by atoms with Gasteiger partial charge in [-0.05, 0) is 30.7 Å². The summed E-state index contributed by atoms with van der Waals surface area (Å²) in [5.74, 6) is -2.07. The minimum absolute atomic E-state index is 0.323. The average molecular weight is 436 g/mol. The normalized spacial score (nSPS) is 11.8. The number of nitrogens with one attached hydrogen (secondary N) is 1. The molecular formula is C25H41NO5. The van der Waals surface area contributed by atoms with Gasteiger partial charge in [0.25, 0.3) is 0 Å². The number of aliphatic hydroxyl groups excluding tert-OH is 1. The Labute approximate surface area is 187 Å². The maximum absolute atomic E-state index is 11.8. The van der Waals surface area contributed by atoms with Gasteiger partial charge in [-0.3, -0.25) is 0 Å². The summed E-state index contributed by atoms with van der Waals surface area (Å²) >= 11 is 0. The van der Waals surface area contributed by atoms with Gasteiger partial charge in [0.05, 0.1) is 5.56 Å². The first kappa shape index (κ1) is 27.0. The second-order valence-electron chi connectivity index (χ2n) is 8.20. The summed E-state index contributed by atoms with van der Waals surface area (Å²) in [4.78, 5) is 22.4. The standard InChI is InChI=1S/C25H41NO5/c1-2-3-4-5-6-7-8-9-10-11-12-13-14-19-26-22-17-15-21(16-18-22)25(30)31-20-23(27)24(28)29/h15-18,23,26-27H,2-14,19-20H2,1H3,(H,28,29). The Balaban J connectivity index is 2.00. The number of aliphatic carboxylic acids is 1. The number of rotatable bonds is 19. The molecule has 6 heteroatoms. The lowest BCUT2D eigenvalue weighted by atomic mass is 10.0. The third kappa shape index (κ3) is 13.8. The van der Waals surface area contributed by atoms with Crippen molar-refractivity contribution in [1.29, 1.82) is 0 Å². The number of carbonyl (C=O) groups is 2. The molecule has 1 aromatic carbocycles. The van der Waals surface area contributed by atoms with Gasteiger partial charge in [-0.15, -0.1) is 0 Å². The lowest BCUT2D eigenvalue weighted by Gasteiger charge is -2.09. The maximum atomic E-state index is 11.8. The average Bonchev–Trinajstić information content (AvgIpc) is 2.77. The lowest BCUT2D eigenvalue weighted by Crippen LogP contribution is -2.26. The highest BCUT2D eigenvalue weighted by Gasteiger charge is 2.16. The van der Waals surface area contributed by atoms with E-state index in [1.807, 2.05) is 0 Å². The van der Waals surface area contributed by atoms with E-state index in [2.05, 4.69) is 12.2 Å². The van der Waals surface area contributed by atoms with Crippen molar-refractivity contribution < 1.29 is 24.5 Å². The molecule has 0 aliphatic carbocycles. The molecular weight excluding hydrogens is 394 g/mol. The molecule has 1 aromatic rings. The topological polar surface area (TPSA) is 95.9 Å². The van der Waals surface area contributed by atoms with Crippen molar-refractivity contribution in [2.75, 3.05) is 18.5 Å². The van der Waals surface area contributed by atoms with E-state index < -0.39 is 24.6 Å². The number of esters is 1. The van der Waals surface area contributed by atoms with Crippen molar-refractivity contribution in [3.05, 3.63) is 29.8 Å². The quantitative estimate of drug-likeness (QED) is 0.188. The summed E-state index contributed by atoms with van der Waals surface area (Å²) in [6.07, 6.45) is 15.7. The molecule has 0 aliphatic heterocycles. The van der Waals surface area contributed by atoms with Gasteiger partial charge in [-0.2, -0.15) is 0 Å². The molecule has 0 aromatic heterocycles. The third-order valence-corrected chi connectivity index (χ3v) is 5.39. The molecule has 0 saturated heterocycles. The van der Waals surface area contributed by atoms with Crippen molar-refractivity contribution >= 4 is 17.6 Å². The van der Waals surface area contributed by atoms with Gasteiger partial charge in [0, 0.05) is 12.2 Å². The minimum atomic E-state index is -1.70. The number of hydrogen-bond acceptors (Lipinski definition) is 5. The first-order valence-electron chi connectivity index (χ1n) is 12.0. The van der Waals surface area contributed by atoms with Crippen molar-refractivity contribution in [1.82, 2.24) is 0 Å². The van der Waals surface area contributed by atoms with Crippen molar-refractivity contribution in [3.8, 4) is 0 Å². The SMILES string of the molecule is CCCCCCCCCCCCCCCNc1ccc(C(=O)OCC(O)C(=O)O)cc1. The van der Waals surface area contributed by atoms with E-state index in [-0.39, 0.29) is 0 Å². The Kier molecular flexibility index (Phi) is 15.3. The Bertz CT molecular complexity index is 602. The van der Waals surface area contributed by atoms with Crippen LogP contribution in [0.1, 0.15) is 101 Å². The fraction of sp³-hybridized carbons (Fsp3) is 0.680. The van der Waals surface area contributed by atoms with Crippen LogP contribution in [-0.2, 0) is 9.53 Å². The molecule has 0 heterocycles. The summed E-state index contributed by atoms with van der Waals surface area (Å²) in [6.45, 7) is 2.59. The van der Waals surface area contributed by atoms with E-state index in [0.717, 1.165) is 18.7 Å². The number of carbonyl (C=O) groups excluding carboxylic acids is 1. The van der Waals surface area contributed by atoms with Gasteiger partial charge in [0.2, 0.25) is 0 Å². The van der Waals surface area contributed by atoms with Crippen LogP contribution < -0.4 is 5.32 Å². The van der Waals surface area contributed by atoms with Crippen LogP contribution in [0.4, 0.5) is 5.69 Å². The zero-order valence-electron chi connectivity index (χ0n) is 19.1. The summed E-state index contributed by atoms with van der Waals surface area (Å²) in [7, 11) is 0. The molecule has 0 fully saturated rings. The molecule has 1 atom stereocenters. The van der Waals surface area contributed by atoms with Gasteiger partial charge in [0.1, 0.15) is 6.61 Å². The second kappa shape index (κ2) is 17.6. The second-order valence-corrected chi connectivity index (χ2v) is 8.20. The molecule has 0 spiro atoms. The summed E-state index contributed by atoms with van der Waals surface area (Å²) < 4.78 is 4.79. The number of anilines is 1. The van der Waals surface area contributed by atoms with Gasteiger partial charge < -0.3 is 20.3 Å². The maximum Gasteiger partial charge on any atom is 0.338 e. The summed E-state index contributed by atoms with van der Waals surface area (Å²) in [5.41, 5.74) is 1.25. The van der Waals surface area contributed by atoms with Crippen molar-refractivity contribution in [2.24, 2.45) is 0 Å². The number of hydrogen-bond donors (Lipinski definition) is 3. The summed E-state index contributed by atoms with van der Waals surface area (Å²) in [6, 6.07) is 6.85.